The lowest BCUT2D eigenvalue weighted by Gasteiger charge is -1.99. The molecule has 0 bridgehead atoms. The maximum Gasteiger partial charge on any atom is 0.142 e. The molecule has 0 amide bonds. The van der Waals surface area contributed by atoms with Crippen LogP contribution >= 0.6 is 11.3 Å². The lowest BCUT2D eigenvalue weighted by Crippen LogP contribution is -1.87. The van der Waals surface area contributed by atoms with Crippen LogP contribution in [0.3, 0.4) is 0 Å². The molecule has 3 heteroatoms. The van der Waals surface area contributed by atoms with E-state index in [2.05, 4.69) is 36.3 Å². The van der Waals surface area contributed by atoms with Crippen molar-refractivity contribution >= 4 is 17.6 Å². The minimum Gasteiger partial charge on any atom is -0.391 e. The third-order valence-electron chi connectivity index (χ3n) is 2.15. The lowest BCUT2D eigenvalue weighted by atomic mass is 10.2. The summed E-state index contributed by atoms with van der Waals surface area (Å²) in [4.78, 5) is 6.31. The molecule has 0 N–H and O–H groups in total. The predicted octanol–water partition coefficient (Wildman–Crippen LogP) is 3.61. The first kappa shape index (κ1) is 10.9. The topological polar surface area (TPSA) is 21.6 Å². The Morgan fingerprint density at radius 1 is 1.25 bits per heavy atom. The Labute approximate surface area is 99.2 Å². The number of hydrogen-bond donors (Lipinski definition) is 0. The van der Waals surface area contributed by atoms with E-state index in [0.717, 1.165) is 10.4 Å². The van der Waals surface area contributed by atoms with E-state index in [4.69, 9.17) is 4.84 Å². The van der Waals surface area contributed by atoms with Crippen molar-refractivity contribution in [3.05, 3.63) is 57.8 Å². The SMILES string of the molecule is Cc1ccc(CO/N=C/c2cccs2)cc1. The van der Waals surface area contributed by atoms with Gasteiger partial charge in [0.1, 0.15) is 6.61 Å². The highest BCUT2D eigenvalue weighted by atomic mass is 32.1. The highest BCUT2D eigenvalue weighted by Gasteiger charge is 1.92. The van der Waals surface area contributed by atoms with E-state index in [-0.39, 0.29) is 0 Å². The van der Waals surface area contributed by atoms with Crippen LogP contribution in [0.1, 0.15) is 16.0 Å². The summed E-state index contributed by atoms with van der Waals surface area (Å²) in [7, 11) is 0. The summed E-state index contributed by atoms with van der Waals surface area (Å²) >= 11 is 1.64. The summed E-state index contributed by atoms with van der Waals surface area (Å²) in [6.07, 6.45) is 1.73. The number of hydrogen-bond acceptors (Lipinski definition) is 3. The van der Waals surface area contributed by atoms with Crippen molar-refractivity contribution in [3.8, 4) is 0 Å². The van der Waals surface area contributed by atoms with Gasteiger partial charge < -0.3 is 4.84 Å². The van der Waals surface area contributed by atoms with Gasteiger partial charge in [0.05, 0.1) is 6.21 Å². The minimum absolute atomic E-state index is 0.516. The van der Waals surface area contributed by atoms with Crippen LogP contribution in [0.15, 0.2) is 46.9 Å². The van der Waals surface area contributed by atoms with Gasteiger partial charge in [0.2, 0.25) is 0 Å². The number of oxime groups is 1. The molecular weight excluding hydrogens is 218 g/mol. The van der Waals surface area contributed by atoms with E-state index in [1.807, 2.05) is 17.5 Å². The minimum atomic E-state index is 0.516. The van der Waals surface area contributed by atoms with E-state index in [0.29, 0.717) is 6.61 Å². The van der Waals surface area contributed by atoms with Crippen molar-refractivity contribution in [3.63, 3.8) is 0 Å². The van der Waals surface area contributed by atoms with Crippen LogP contribution in [-0.4, -0.2) is 6.21 Å². The van der Waals surface area contributed by atoms with Gasteiger partial charge in [0.25, 0.3) is 0 Å². The first-order valence-corrected chi connectivity index (χ1v) is 5.97. The first-order valence-electron chi connectivity index (χ1n) is 5.09. The molecule has 0 saturated heterocycles. The second-order valence-corrected chi connectivity index (χ2v) is 4.49. The maximum atomic E-state index is 5.21. The molecule has 0 aliphatic carbocycles. The van der Waals surface area contributed by atoms with Crippen molar-refractivity contribution < 1.29 is 4.84 Å². The van der Waals surface area contributed by atoms with Crippen molar-refractivity contribution in [2.75, 3.05) is 0 Å². The monoisotopic (exact) mass is 231 g/mol. The van der Waals surface area contributed by atoms with Crippen molar-refractivity contribution in [2.45, 2.75) is 13.5 Å². The fourth-order valence-corrected chi connectivity index (χ4v) is 1.83. The van der Waals surface area contributed by atoms with Gasteiger partial charge in [-0.05, 0) is 23.9 Å². The van der Waals surface area contributed by atoms with E-state index in [1.165, 1.54) is 5.56 Å². The zero-order valence-electron chi connectivity index (χ0n) is 9.09. The van der Waals surface area contributed by atoms with E-state index in [9.17, 15) is 0 Å². The predicted molar refractivity (Wildman–Crippen MR) is 67.9 cm³/mol. The van der Waals surface area contributed by atoms with Crippen LogP contribution in [0.25, 0.3) is 0 Å². The zero-order chi connectivity index (χ0) is 11.2. The Bertz CT molecular complexity index is 445. The molecule has 2 aromatic rings. The second-order valence-electron chi connectivity index (χ2n) is 3.51. The number of thiophene rings is 1. The smallest absolute Gasteiger partial charge is 0.142 e. The quantitative estimate of drug-likeness (QED) is 0.582. The zero-order valence-corrected chi connectivity index (χ0v) is 9.91. The standard InChI is InChI=1S/C13H13NOS/c1-11-4-6-12(7-5-11)10-15-14-9-13-3-2-8-16-13/h2-9H,10H2,1H3/b14-9+. The summed E-state index contributed by atoms with van der Waals surface area (Å²) in [5, 5.41) is 5.93. The Morgan fingerprint density at radius 2 is 2.06 bits per heavy atom. The van der Waals surface area contributed by atoms with E-state index in [1.54, 1.807) is 17.6 Å². The molecule has 0 aliphatic heterocycles. The Hall–Kier alpha value is -1.61. The normalized spacial score (nSPS) is 10.8. The fourth-order valence-electron chi connectivity index (χ4n) is 1.25. The molecular formula is C13H13NOS. The van der Waals surface area contributed by atoms with Gasteiger partial charge in [0, 0.05) is 4.88 Å². The molecule has 1 aromatic carbocycles. The van der Waals surface area contributed by atoms with Crippen LogP contribution in [0.5, 0.6) is 0 Å². The van der Waals surface area contributed by atoms with Gasteiger partial charge in [-0.2, -0.15) is 0 Å². The number of nitrogens with zero attached hydrogens (tertiary/aromatic N) is 1. The highest BCUT2D eigenvalue weighted by molar-refractivity contribution is 7.11. The highest BCUT2D eigenvalue weighted by Crippen LogP contribution is 2.06. The Balaban J connectivity index is 1.82. The van der Waals surface area contributed by atoms with Crippen LogP contribution in [-0.2, 0) is 11.4 Å². The summed E-state index contributed by atoms with van der Waals surface area (Å²) < 4.78 is 0. The van der Waals surface area contributed by atoms with E-state index >= 15 is 0 Å². The number of benzene rings is 1. The van der Waals surface area contributed by atoms with Crippen molar-refractivity contribution in [1.29, 1.82) is 0 Å². The third-order valence-corrected chi connectivity index (χ3v) is 2.96. The number of rotatable bonds is 4. The molecule has 0 saturated carbocycles. The summed E-state index contributed by atoms with van der Waals surface area (Å²) in [5.74, 6) is 0. The third kappa shape index (κ3) is 3.21. The molecule has 1 heterocycles. The lowest BCUT2D eigenvalue weighted by molar-refractivity contribution is 0.132. The maximum absolute atomic E-state index is 5.21. The van der Waals surface area contributed by atoms with Gasteiger partial charge in [-0.1, -0.05) is 41.1 Å². The van der Waals surface area contributed by atoms with E-state index < -0.39 is 0 Å². The molecule has 2 rings (SSSR count). The fraction of sp³-hybridized carbons (Fsp3) is 0.154. The van der Waals surface area contributed by atoms with Gasteiger partial charge in [-0.3, -0.25) is 0 Å². The molecule has 82 valence electrons. The molecule has 1 aromatic heterocycles. The van der Waals surface area contributed by atoms with Crippen molar-refractivity contribution in [2.24, 2.45) is 5.16 Å². The average molecular weight is 231 g/mol. The average Bonchev–Trinajstić information content (AvgIpc) is 2.80. The molecule has 0 radical (unpaired) electrons. The van der Waals surface area contributed by atoms with Crippen LogP contribution in [0.2, 0.25) is 0 Å². The number of aryl methyl sites for hydroxylation is 1. The molecule has 2 nitrogen and oxygen atoms in total. The van der Waals surface area contributed by atoms with Crippen LogP contribution < -0.4 is 0 Å². The summed E-state index contributed by atoms with van der Waals surface area (Å²) in [6, 6.07) is 12.2. The van der Waals surface area contributed by atoms with Gasteiger partial charge >= 0.3 is 0 Å². The molecule has 0 unspecified atom stereocenters. The van der Waals surface area contributed by atoms with Gasteiger partial charge in [-0.15, -0.1) is 11.3 Å². The molecule has 0 fully saturated rings. The van der Waals surface area contributed by atoms with Crippen LogP contribution in [0, 0.1) is 6.92 Å². The molecule has 16 heavy (non-hydrogen) atoms. The first-order chi connectivity index (χ1) is 7.84. The summed E-state index contributed by atoms with van der Waals surface area (Å²) in [6.45, 7) is 2.59. The second kappa shape index (κ2) is 5.47. The van der Waals surface area contributed by atoms with Crippen molar-refractivity contribution in [1.82, 2.24) is 0 Å². The Kier molecular flexibility index (Phi) is 3.72. The van der Waals surface area contributed by atoms with Crippen LogP contribution in [0.4, 0.5) is 0 Å². The molecule has 0 spiro atoms. The van der Waals surface area contributed by atoms with Gasteiger partial charge in [-0.25, -0.2) is 0 Å². The molecule has 0 atom stereocenters. The Morgan fingerprint density at radius 3 is 2.75 bits per heavy atom. The molecule has 0 aliphatic rings. The largest absolute Gasteiger partial charge is 0.391 e. The summed E-state index contributed by atoms with van der Waals surface area (Å²) in [5.41, 5.74) is 2.39. The van der Waals surface area contributed by atoms with Gasteiger partial charge in [0.15, 0.2) is 0 Å².